The average Bonchev–Trinajstić information content (AvgIpc) is 3.06. The first-order valence-electron chi connectivity index (χ1n) is 9.11. The van der Waals surface area contributed by atoms with Gasteiger partial charge in [0.25, 0.3) is 0 Å². The molecule has 2 bridgehead atoms. The van der Waals surface area contributed by atoms with Crippen LogP contribution in [0.2, 0.25) is 0 Å². The van der Waals surface area contributed by atoms with Crippen molar-refractivity contribution >= 4 is 0 Å². The molecule has 2 aliphatic carbocycles. The van der Waals surface area contributed by atoms with Crippen molar-refractivity contribution in [3.63, 3.8) is 0 Å². The standard InChI is InChI=1S/C18H34N2/c1-5-19-18-8-9-20(13(3)12(18)2)14(4)17-11-15-6-7-16(17)10-15/h12-19H,5-11H2,1-4H3. The van der Waals surface area contributed by atoms with Gasteiger partial charge in [0.1, 0.15) is 0 Å². The molecule has 7 unspecified atom stereocenters. The minimum absolute atomic E-state index is 0.735. The van der Waals surface area contributed by atoms with Crippen LogP contribution in [0.3, 0.4) is 0 Å². The Morgan fingerprint density at radius 2 is 1.95 bits per heavy atom. The van der Waals surface area contributed by atoms with Crippen LogP contribution < -0.4 is 5.32 Å². The summed E-state index contributed by atoms with van der Waals surface area (Å²) in [6.45, 7) is 12.1. The molecule has 0 aromatic rings. The van der Waals surface area contributed by atoms with E-state index in [1.807, 2.05) is 0 Å². The molecule has 0 amide bonds. The average molecular weight is 278 g/mol. The van der Waals surface area contributed by atoms with Crippen molar-refractivity contribution < 1.29 is 0 Å². The number of piperidine rings is 1. The van der Waals surface area contributed by atoms with E-state index in [-0.39, 0.29) is 0 Å². The maximum absolute atomic E-state index is 3.69. The van der Waals surface area contributed by atoms with Gasteiger partial charge in [-0.05, 0) is 69.7 Å². The molecule has 0 aromatic heterocycles. The molecule has 3 rings (SSSR count). The number of nitrogens with zero attached hydrogens (tertiary/aromatic N) is 1. The second-order valence-corrected chi connectivity index (χ2v) is 7.87. The quantitative estimate of drug-likeness (QED) is 0.846. The molecule has 2 nitrogen and oxygen atoms in total. The second kappa shape index (κ2) is 5.96. The second-order valence-electron chi connectivity index (χ2n) is 7.87. The molecule has 1 heterocycles. The van der Waals surface area contributed by atoms with Gasteiger partial charge in [0.05, 0.1) is 0 Å². The fraction of sp³-hybridized carbons (Fsp3) is 1.00. The van der Waals surface area contributed by atoms with Crippen molar-refractivity contribution in [1.82, 2.24) is 10.2 Å². The Morgan fingerprint density at radius 3 is 2.55 bits per heavy atom. The summed E-state index contributed by atoms with van der Waals surface area (Å²) in [6.07, 6.45) is 7.47. The van der Waals surface area contributed by atoms with E-state index in [2.05, 4.69) is 37.9 Å². The Labute approximate surface area is 125 Å². The monoisotopic (exact) mass is 278 g/mol. The Morgan fingerprint density at radius 1 is 1.15 bits per heavy atom. The maximum atomic E-state index is 3.69. The first kappa shape index (κ1) is 14.8. The SMILES string of the molecule is CCNC1CCN(C(C)C2CC3CCC2C3)C(C)C1C. The summed E-state index contributed by atoms with van der Waals surface area (Å²) in [5.74, 6) is 3.92. The predicted molar refractivity (Wildman–Crippen MR) is 85.8 cm³/mol. The van der Waals surface area contributed by atoms with Crippen molar-refractivity contribution in [3.8, 4) is 0 Å². The lowest BCUT2D eigenvalue weighted by molar-refractivity contribution is 0.0186. The van der Waals surface area contributed by atoms with Crippen molar-refractivity contribution in [3.05, 3.63) is 0 Å². The fourth-order valence-electron chi connectivity index (χ4n) is 5.65. The van der Waals surface area contributed by atoms with Crippen molar-refractivity contribution in [2.45, 2.75) is 77.9 Å². The Bertz CT molecular complexity index is 329. The highest BCUT2D eigenvalue weighted by atomic mass is 15.2. The number of nitrogens with one attached hydrogen (secondary N) is 1. The predicted octanol–water partition coefficient (Wildman–Crippen LogP) is 3.52. The van der Waals surface area contributed by atoms with Crippen molar-refractivity contribution in [2.75, 3.05) is 13.1 Å². The van der Waals surface area contributed by atoms with E-state index in [4.69, 9.17) is 0 Å². The third kappa shape index (κ3) is 2.54. The summed E-state index contributed by atoms with van der Waals surface area (Å²) in [5, 5.41) is 3.69. The molecule has 2 saturated carbocycles. The van der Waals surface area contributed by atoms with Gasteiger partial charge in [-0.3, -0.25) is 4.90 Å². The zero-order valence-corrected chi connectivity index (χ0v) is 13.9. The summed E-state index contributed by atoms with van der Waals surface area (Å²) in [5.41, 5.74) is 0. The van der Waals surface area contributed by atoms with Crippen LogP contribution in [-0.2, 0) is 0 Å². The molecule has 3 aliphatic rings. The van der Waals surface area contributed by atoms with Crippen LogP contribution >= 0.6 is 0 Å². The largest absolute Gasteiger partial charge is 0.314 e. The zero-order chi connectivity index (χ0) is 14.3. The lowest BCUT2D eigenvalue weighted by atomic mass is 9.80. The first-order valence-corrected chi connectivity index (χ1v) is 9.11. The minimum atomic E-state index is 0.735. The summed E-state index contributed by atoms with van der Waals surface area (Å²) in [4.78, 5) is 2.85. The van der Waals surface area contributed by atoms with Crippen molar-refractivity contribution in [2.24, 2.45) is 23.7 Å². The Balaban J connectivity index is 1.62. The van der Waals surface area contributed by atoms with Gasteiger partial charge in [-0.25, -0.2) is 0 Å². The molecule has 2 heteroatoms. The molecule has 0 radical (unpaired) electrons. The first-order chi connectivity index (χ1) is 9.61. The van der Waals surface area contributed by atoms with Gasteiger partial charge in [-0.15, -0.1) is 0 Å². The normalized spacial score (nSPS) is 46.8. The molecular weight excluding hydrogens is 244 g/mol. The Kier molecular flexibility index (Phi) is 4.42. The summed E-state index contributed by atoms with van der Waals surface area (Å²) in [7, 11) is 0. The molecule has 1 saturated heterocycles. The van der Waals surface area contributed by atoms with Crippen LogP contribution in [0.4, 0.5) is 0 Å². The highest BCUT2D eigenvalue weighted by Gasteiger charge is 2.45. The van der Waals surface area contributed by atoms with Gasteiger partial charge in [0, 0.05) is 24.7 Å². The third-order valence-corrected chi connectivity index (χ3v) is 7.02. The highest BCUT2D eigenvalue weighted by Crippen LogP contribution is 2.50. The lowest BCUT2D eigenvalue weighted by Crippen LogP contribution is -2.57. The molecule has 7 atom stereocenters. The van der Waals surface area contributed by atoms with Gasteiger partial charge in [-0.1, -0.05) is 20.3 Å². The van der Waals surface area contributed by atoms with E-state index in [0.29, 0.717) is 0 Å². The fourth-order valence-corrected chi connectivity index (χ4v) is 5.65. The van der Waals surface area contributed by atoms with Gasteiger partial charge in [-0.2, -0.15) is 0 Å². The maximum Gasteiger partial charge on any atom is 0.0120 e. The van der Waals surface area contributed by atoms with E-state index >= 15 is 0 Å². The number of hydrogen-bond acceptors (Lipinski definition) is 2. The Hall–Kier alpha value is -0.0800. The molecule has 1 aliphatic heterocycles. The van der Waals surface area contributed by atoms with E-state index in [1.165, 1.54) is 32.2 Å². The van der Waals surface area contributed by atoms with Crippen LogP contribution in [0.1, 0.15) is 59.8 Å². The third-order valence-electron chi connectivity index (χ3n) is 7.02. The van der Waals surface area contributed by atoms with Crippen LogP contribution in [-0.4, -0.2) is 36.1 Å². The summed E-state index contributed by atoms with van der Waals surface area (Å²) >= 11 is 0. The van der Waals surface area contributed by atoms with Crippen molar-refractivity contribution in [1.29, 1.82) is 0 Å². The minimum Gasteiger partial charge on any atom is -0.314 e. The van der Waals surface area contributed by atoms with Crippen LogP contribution in [0.25, 0.3) is 0 Å². The topological polar surface area (TPSA) is 15.3 Å². The number of hydrogen-bond donors (Lipinski definition) is 1. The molecule has 116 valence electrons. The van der Waals surface area contributed by atoms with E-state index in [0.717, 1.165) is 48.3 Å². The molecule has 20 heavy (non-hydrogen) atoms. The number of likely N-dealkylation sites (tertiary alicyclic amines) is 1. The van der Waals surface area contributed by atoms with Gasteiger partial charge >= 0.3 is 0 Å². The summed E-state index contributed by atoms with van der Waals surface area (Å²) < 4.78 is 0. The van der Waals surface area contributed by atoms with Crippen LogP contribution in [0.5, 0.6) is 0 Å². The van der Waals surface area contributed by atoms with E-state index in [1.54, 1.807) is 6.42 Å². The molecule has 0 spiro atoms. The number of fused-ring (bicyclic) bond motifs is 2. The van der Waals surface area contributed by atoms with Gasteiger partial charge in [0.2, 0.25) is 0 Å². The molecule has 0 aromatic carbocycles. The summed E-state index contributed by atoms with van der Waals surface area (Å²) in [6, 6.07) is 2.28. The van der Waals surface area contributed by atoms with E-state index in [9.17, 15) is 0 Å². The highest BCUT2D eigenvalue weighted by molar-refractivity contribution is 4.98. The molecular formula is C18H34N2. The van der Waals surface area contributed by atoms with Crippen LogP contribution in [0.15, 0.2) is 0 Å². The smallest absolute Gasteiger partial charge is 0.0120 e. The van der Waals surface area contributed by atoms with E-state index < -0.39 is 0 Å². The molecule has 3 fully saturated rings. The van der Waals surface area contributed by atoms with Gasteiger partial charge < -0.3 is 5.32 Å². The van der Waals surface area contributed by atoms with Crippen LogP contribution in [0, 0.1) is 23.7 Å². The van der Waals surface area contributed by atoms with Gasteiger partial charge in [0.15, 0.2) is 0 Å². The zero-order valence-electron chi connectivity index (χ0n) is 13.9. The number of rotatable bonds is 4. The lowest BCUT2D eigenvalue weighted by Gasteiger charge is -2.48. The molecule has 1 N–H and O–H groups in total.